The summed E-state index contributed by atoms with van der Waals surface area (Å²) in [6.07, 6.45) is 6.85. The van der Waals surface area contributed by atoms with Crippen LogP contribution in [0.2, 0.25) is 0 Å². The van der Waals surface area contributed by atoms with Crippen molar-refractivity contribution in [3.05, 3.63) is 54.5 Å². The molecule has 0 atom stereocenters. The number of halogens is 1. The first-order valence-electron chi connectivity index (χ1n) is 7.43. The molecule has 0 spiro atoms. The molecule has 0 unspecified atom stereocenters. The number of methoxy groups -OCH3 is 2. The molecule has 24 heavy (non-hydrogen) atoms. The van der Waals surface area contributed by atoms with E-state index in [1.165, 1.54) is 32.4 Å². The van der Waals surface area contributed by atoms with Gasteiger partial charge in [0, 0.05) is 25.1 Å². The van der Waals surface area contributed by atoms with Crippen molar-refractivity contribution < 1.29 is 19.1 Å². The molecule has 0 heterocycles. The molecule has 0 radical (unpaired) electrons. The zero-order chi connectivity index (χ0) is 18.8. The van der Waals surface area contributed by atoms with Crippen molar-refractivity contribution in [2.24, 2.45) is 10.1 Å². The maximum atomic E-state index is 13.0. The molecule has 0 saturated heterocycles. The first kappa shape index (κ1) is 23.8. The van der Waals surface area contributed by atoms with Crippen molar-refractivity contribution in [1.82, 2.24) is 0 Å². The Morgan fingerprint density at radius 1 is 1.33 bits per heavy atom. The topological polar surface area (TPSA) is 63.4 Å². The highest BCUT2D eigenvalue weighted by molar-refractivity contribution is 6.03. The molecular formula is C18H27FN2O3. The van der Waals surface area contributed by atoms with Gasteiger partial charge in [-0.3, -0.25) is 4.99 Å². The second kappa shape index (κ2) is 16.9. The fourth-order valence-electron chi connectivity index (χ4n) is 1.40. The van der Waals surface area contributed by atoms with Gasteiger partial charge in [0.2, 0.25) is 0 Å². The fourth-order valence-corrected chi connectivity index (χ4v) is 1.40. The molecule has 5 nitrogen and oxygen atoms in total. The minimum Gasteiger partial charge on any atom is -0.496 e. The zero-order valence-corrected chi connectivity index (χ0v) is 15.0. The van der Waals surface area contributed by atoms with Gasteiger partial charge in [0.1, 0.15) is 17.3 Å². The first-order chi connectivity index (χ1) is 11.6. The van der Waals surface area contributed by atoms with E-state index in [0.29, 0.717) is 11.3 Å². The quantitative estimate of drug-likeness (QED) is 0.473. The molecule has 0 aliphatic carbocycles. The molecule has 0 aliphatic heterocycles. The number of rotatable bonds is 6. The van der Waals surface area contributed by atoms with Gasteiger partial charge in [0.15, 0.2) is 0 Å². The molecule has 1 aromatic carbocycles. The predicted octanol–water partition coefficient (Wildman–Crippen LogP) is 4.46. The minimum absolute atomic E-state index is 0.0797. The van der Waals surface area contributed by atoms with E-state index in [0.717, 1.165) is 0 Å². The summed E-state index contributed by atoms with van der Waals surface area (Å²) >= 11 is 0. The highest BCUT2D eigenvalue weighted by atomic mass is 19.1. The van der Waals surface area contributed by atoms with Crippen molar-refractivity contribution in [2.75, 3.05) is 20.8 Å². The van der Waals surface area contributed by atoms with Crippen LogP contribution in [0.1, 0.15) is 26.3 Å². The van der Waals surface area contributed by atoms with Gasteiger partial charge in [-0.15, -0.1) is 0 Å². The van der Waals surface area contributed by atoms with E-state index in [9.17, 15) is 4.39 Å². The SMILES string of the molecule is C=CC=N/C=C\C.CC.COC/C(=N\O)c1cc(F)ccc1OC. The largest absolute Gasteiger partial charge is 0.496 e. The van der Waals surface area contributed by atoms with E-state index in [1.54, 1.807) is 18.5 Å². The van der Waals surface area contributed by atoms with Gasteiger partial charge in [-0.05, 0) is 25.1 Å². The number of hydrogen-bond acceptors (Lipinski definition) is 5. The molecule has 0 saturated carbocycles. The average Bonchev–Trinajstić information content (AvgIpc) is 2.62. The molecule has 1 N–H and O–H groups in total. The van der Waals surface area contributed by atoms with Crippen molar-refractivity contribution in [3.63, 3.8) is 0 Å². The lowest BCUT2D eigenvalue weighted by molar-refractivity contribution is 0.237. The van der Waals surface area contributed by atoms with Crippen LogP contribution >= 0.6 is 0 Å². The number of hydrogen-bond donors (Lipinski definition) is 1. The zero-order valence-electron chi connectivity index (χ0n) is 15.0. The molecule has 0 aromatic heterocycles. The fraction of sp³-hybridized carbons (Fsp3) is 0.333. The third-order valence-electron chi connectivity index (χ3n) is 2.30. The molecule has 6 heteroatoms. The monoisotopic (exact) mass is 338 g/mol. The number of aliphatic imine (C=N–C) groups is 1. The highest BCUT2D eigenvalue weighted by Gasteiger charge is 2.11. The molecule has 1 aromatic rings. The second-order valence-electron chi connectivity index (χ2n) is 3.84. The second-order valence-corrected chi connectivity index (χ2v) is 3.84. The highest BCUT2D eigenvalue weighted by Crippen LogP contribution is 2.20. The third-order valence-corrected chi connectivity index (χ3v) is 2.30. The van der Waals surface area contributed by atoms with E-state index >= 15 is 0 Å². The van der Waals surface area contributed by atoms with Crippen LogP contribution in [0.5, 0.6) is 5.75 Å². The Balaban J connectivity index is 0. The summed E-state index contributed by atoms with van der Waals surface area (Å²) in [5.41, 5.74) is 0.593. The Morgan fingerprint density at radius 3 is 2.46 bits per heavy atom. The summed E-state index contributed by atoms with van der Waals surface area (Å²) in [5.74, 6) is 0.00398. The number of oxime groups is 1. The van der Waals surface area contributed by atoms with Gasteiger partial charge in [-0.1, -0.05) is 37.7 Å². The van der Waals surface area contributed by atoms with Gasteiger partial charge in [-0.25, -0.2) is 4.39 Å². The Bertz CT molecular complexity index is 541. The van der Waals surface area contributed by atoms with E-state index in [2.05, 4.69) is 16.7 Å². The van der Waals surface area contributed by atoms with Gasteiger partial charge in [-0.2, -0.15) is 0 Å². The lowest BCUT2D eigenvalue weighted by Gasteiger charge is -2.09. The van der Waals surface area contributed by atoms with Crippen LogP contribution in [0, 0.1) is 5.82 Å². The van der Waals surface area contributed by atoms with Crippen LogP contribution in [0.25, 0.3) is 0 Å². The van der Waals surface area contributed by atoms with Crippen LogP contribution in [0.3, 0.4) is 0 Å². The maximum absolute atomic E-state index is 13.0. The number of benzene rings is 1. The van der Waals surface area contributed by atoms with E-state index in [-0.39, 0.29) is 12.3 Å². The summed E-state index contributed by atoms with van der Waals surface area (Å²) in [6, 6.07) is 3.96. The van der Waals surface area contributed by atoms with Gasteiger partial charge >= 0.3 is 0 Å². The molecule has 1 rings (SSSR count). The lowest BCUT2D eigenvalue weighted by atomic mass is 10.1. The van der Waals surface area contributed by atoms with Crippen molar-refractivity contribution in [1.29, 1.82) is 0 Å². The van der Waals surface area contributed by atoms with Gasteiger partial charge in [0.05, 0.1) is 13.7 Å². The molecule has 0 bridgehead atoms. The smallest absolute Gasteiger partial charge is 0.128 e. The van der Waals surface area contributed by atoms with Crippen molar-refractivity contribution in [2.45, 2.75) is 20.8 Å². The Kier molecular flexibility index (Phi) is 16.7. The number of nitrogens with zero attached hydrogens (tertiary/aromatic N) is 2. The van der Waals surface area contributed by atoms with Crippen LogP contribution < -0.4 is 4.74 Å². The van der Waals surface area contributed by atoms with E-state index in [4.69, 9.17) is 14.7 Å². The molecule has 0 amide bonds. The summed E-state index contributed by atoms with van der Waals surface area (Å²) in [4.78, 5) is 3.78. The van der Waals surface area contributed by atoms with E-state index in [1.807, 2.05) is 26.8 Å². The first-order valence-corrected chi connectivity index (χ1v) is 7.43. The third kappa shape index (κ3) is 10.3. The Morgan fingerprint density at radius 2 is 2.00 bits per heavy atom. The predicted molar refractivity (Wildman–Crippen MR) is 98.0 cm³/mol. The normalized spacial score (nSPS) is 10.7. The number of ether oxygens (including phenoxy) is 2. The summed E-state index contributed by atoms with van der Waals surface area (Å²) in [5, 5.41) is 11.8. The Labute approximate surface area is 143 Å². The average molecular weight is 338 g/mol. The van der Waals surface area contributed by atoms with Crippen LogP contribution in [-0.4, -0.2) is 38.0 Å². The molecule has 134 valence electrons. The summed E-state index contributed by atoms with van der Waals surface area (Å²) < 4.78 is 22.8. The molecule has 0 fully saturated rings. The van der Waals surface area contributed by atoms with Crippen LogP contribution in [0.15, 0.2) is 53.3 Å². The van der Waals surface area contributed by atoms with Crippen molar-refractivity contribution in [3.8, 4) is 5.75 Å². The van der Waals surface area contributed by atoms with Gasteiger partial charge < -0.3 is 14.7 Å². The standard InChI is InChI=1S/C10H12FNO3.C6H9N.C2H6/c1-14-6-9(12-13)8-5-7(11)3-4-10(8)15-2;1-3-5-7-6-4-2;1-2/h3-5,13H,6H2,1-2H3;3-6H,1H2,2H3;1-2H3/b12-9+;6-4-,7-5?;. The van der Waals surface area contributed by atoms with Crippen LogP contribution in [0.4, 0.5) is 4.39 Å². The van der Waals surface area contributed by atoms with Gasteiger partial charge in [0.25, 0.3) is 0 Å². The number of allylic oxidation sites excluding steroid dienone is 2. The van der Waals surface area contributed by atoms with Crippen LogP contribution in [-0.2, 0) is 4.74 Å². The maximum Gasteiger partial charge on any atom is 0.128 e. The minimum atomic E-state index is -0.428. The lowest BCUT2D eigenvalue weighted by Crippen LogP contribution is -2.10. The Hall–Kier alpha value is -2.47. The summed E-state index contributed by atoms with van der Waals surface area (Å²) in [7, 11) is 2.91. The molecular weight excluding hydrogens is 311 g/mol. The summed E-state index contributed by atoms with van der Waals surface area (Å²) in [6.45, 7) is 9.45. The molecule has 0 aliphatic rings. The van der Waals surface area contributed by atoms with E-state index < -0.39 is 5.82 Å². The van der Waals surface area contributed by atoms with Crippen molar-refractivity contribution >= 4 is 11.9 Å².